The lowest BCUT2D eigenvalue weighted by molar-refractivity contribution is -0.114. The van der Waals surface area contributed by atoms with Gasteiger partial charge >= 0.3 is 0 Å². The van der Waals surface area contributed by atoms with E-state index >= 15 is 0 Å². The van der Waals surface area contributed by atoms with E-state index in [-0.39, 0.29) is 27.1 Å². The van der Waals surface area contributed by atoms with Gasteiger partial charge in [0, 0.05) is 27.9 Å². The molecule has 0 spiro atoms. The third kappa shape index (κ3) is 4.90. The van der Waals surface area contributed by atoms with Gasteiger partial charge < -0.3 is 5.32 Å². The minimum Gasteiger partial charge on any atom is -0.321 e. The molecule has 3 aromatic carbocycles. The van der Waals surface area contributed by atoms with Gasteiger partial charge in [-0.1, -0.05) is 54.1 Å². The number of anilines is 1. The lowest BCUT2D eigenvalue weighted by Crippen LogP contribution is -2.20. The van der Waals surface area contributed by atoms with Crippen LogP contribution in [0.1, 0.15) is 11.1 Å². The van der Waals surface area contributed by atoms with Crippen LogP contribution in [-0.2, 0) is 9.59 Å². The molecule has 0 unspecified atom stereocenters. The van der Waals surface area contributed by atoms with Crippen LogP contribution < -0.4 is 16.3 Å². The predicted molar refractivity (Wildman–Crippen MR) is 153 cm³/mol. The Morgan fingerprint density at radius 3 is 2.54 bits per heavy atom. The van der Waals surface area contributed by atoms with E-state index in [0.717, 1.165) is 22.9 Å². The molecule has 39 heavy (non-hydrogen) atoms. The molecular formula is C28H17ClN6O3S. The second-order valence-electron chi connectivity index (χ2n) is 8.47. The molecule has 0 aliphatic carbocycles. The quantitative estimate of drug-likeness (QED) is 0.219. The Bertz CT molecular complexity index is 1800. The lowest BCUT2D eigenvalue weighted by Gasteiger charge is -2.07. The Morgan fingerprint density at radius 2 is 1.74 bits per heavy atom. The summed E-state index contributed by atoms with van der Waals surface area (Å²) in [5, 5.41) is 12.1. The van der Waals surface area contributed by atoms with E-state index in [9.17, 15) is 14.4 Å². The number of amidine groups is 1. The van der Waals surface area contributed by atoms with Crippen LogP contribution in [0.3, 0.4) is 0 Å². The number of rotatable bonds is 4. The zero-order chi connectivity index (χ0) is 26.9. The molecule has 1 aromatic heterocycles. The van der Waals surface area contributed by atoms with Crippen molar-refractivity contribution in [3.63, 3.8) is 0 Å². The fraction of sp³-hybridized carbons (Fsp3) is 0. The van der Waals surface area contributed by atoms with Crippen molar-refractivity contribution in [3.8, 4) is 16.9 Å². The molecule has 0 saturated carbocycles. The van der Waals surface area contributed by atoms with Crippen LogP contribution in [0, 0.1) is 0 Å². The summed E-state index contributed by atoms with van der Waals surface area (Å²) in [5.74, 6) is -0.915. The van der Waals surface area contributed by atoms with Crippen molar-refractivity contribution in [2.45, 2.75) is 0 Å². The number of thioether (sulfide) groups is 1. The van der Waals surface area contributed by atoms with Gasteiger partial charge in [0.05, 0.1) is 28.1 Å². The summed E-state index contributed by atoms with van der Waals surface area (Å²) < 4.78 is 1.34. The van der Waals surface area contributed by atoms with Crippen LogP contribution in [0.15, 0.2) is 105 Å². The summed E-state index contributed by atoms with van der Waals surface area (Å²) in [6, 6.07) is 24.9. The number of aliphatic imine (C=N–C) groups is 1. The van der Waals surface area contributed by atoms with E-state index in [1.165, 1.54) is 10.7 Å². The Balaban J connectivity index is 1.16. The molecule has 4 aromatic rings. The Labute approximate surface area is 230 Å². The molecule has 6 rings (SSSR count). The van der Waals surface area contributed by atoms with Gasteiger partial charge in [-0.2, -0.15) is 19.9 Å². The maximum absolute atomic E-state index is 12.6. The van der Waals surface area contributed by atoms with Crippen LogP contribution >= 0.6 is 23.4 Å². The van der Waals surface area contributed by atoms with Gasteiger partial charge in [-0.3, -0.25) is 19.8 Å². The average molecular weight is 553 g/mol. The summed E-state index contributed by atoms with van der Waals surface area (Å²) in [5.41, 5.74) is 6.84. The van der Waals surface area contributed by atoms with Gasteiger partial charge in [0.25, 0.3) is 17.4 Å². The molecule has 11 heteroatoms. The maximum atomic E-state index is 12.6. The molecule has 190 valence electrons. The third-order valence-electron chi connectivity index (χ3n) is 5.93. The van der Waals surface area contributed by atoms with Crippen LogP contribution in [0.5, 0.6) is 0 Å². The molecule has 0 atom stereocenters. The predicted octanol–water partition coefficient (Wildman–Crippen LogP) is 4.47. The number of aromatic nitrogens is 2. The van der Waals surface area contributed by atoms with Crippen molar-refractivity contribution in [2.24, 2.45) is 10.1 Å². The third-order valence-corrected chi connectivity index (χ3v) is 7.12. The normalized spacial score (nSPS) is 16.4. The molecule has 0 fully saturated rings. The zero-order valence-corrected chi connectivity index (χ0v) is 21.5. The summed E-state index contributed by atoms with van der Waals surface area (Å²) >= 11 is 7.12. The van der Waals surface area contributed by atoms with Gasteiger partial charge in [-0.15, -0.1) is 0 Å². The standard InChI is InChI=1S/C28H17ClN6O3S/c29-18-8-11-22-20(14-18)24(26(37)31-22)25-27(38)32-28(39-25)33-30-15-16-6-9-19(10-7-16)35-23(36)13-12-21(34-35)17-4-2-1-3-5-17/h1-15H,(H,31,37)(H,32,33,38)/b25-24+,30-15-. The molecule has 0 bridgehead atoms. The first-order chi connectivity index (χ1) is 19.0. The summed E-state index contributed by atoms with van der Waals surface area (Å²) in [7, 11) is 0. The van der Waals surface area contributed by atoms with E-state index in [4.69, 9.17) is 11.6 Å². The van der Waals surface area contributed by atoms with Crippen molar-refractivity contribution in [2.75, 3.05) is 5.32 Å². The Hall–Kier alpha value is -4.80. The summed E-state index contributed by atoms with van der Waals surface area (Å²) in [6.07, 6.45) is 1.55. The number of fused-ring (bicyclic) bond motifs is 1. The van der Waals surface area contributed by atoms with Crippen LogP contribution in [0.4, 0.5) is 5.69 Å². The van der Waals surface area contributed by atoms with E-state index in [1.807, 2.05) is 30.3 Å². The Morgan fingerprint density at radius 1 is 0.949 bits per heavy atom. The summed E-state index contributed by atoms with van der Waals surface area (Å²) in [4.78, 5) is 41.7. The number of hydrazone groups is 1. The second kappa shape index (κ2) is 10.2. The highest BCUT2D eigenvalue weighted by atomic mass is 35.5. The monoisotopic (exact) mass is 552 g/mol. The van der Waals surface area contributed by atoms with E-state index in [0.29, 0.717) is 27.7 Å². The molecular weight excluding hydrogens is 536 g/mol. The van der Waals surface area contributed by atoms with Gasteiger partial charge in [-0.25, -0.2) is 0 Å². The van der Waals surface area contributed by atoms with E-state index in [2.05, 4.69) is 25.9 Å². The molecule has 0 saturated heterocycles. The average Bonchev–Trinajstić information content (AvgIpc) is 3.47. The first-order valence-electron chi connectivity index (χ1n) is 11.7. The Kier molecular flexibility index (Phi) is 6.39. The van der Waals surface area contributed by atoms with Gasteiger partial charge in [0.1, 0.15) is 0 Å². The molecule has 2 N–H and O–H groups in total. The molecule has 3 heterocycles. The largest absolute Gasteiger partial charge is 0.321 e. The van der Waals surface area contributed by atoms with Gasteiger partial charge in [-0.05, 0) is 53.7 Å². The molecule has 2 aliphatic rings. The number of nitrogens with zero attached hydrogens (tertiary/aromatic N) is 4. The number of amides is 2. The minimum absolute atomic E-state index is 0.200. The van der Waals surface area contributed by atoms with Gasteiger partial charge in [0.2, 0.25) is 0 Å². The van der Waals surface area contributed by atoms with Crippen molar-refractivity contribution < 1.29 is 9.59 Å². The van der Waals surface area contributed by atoms with Gasteiger partial charge in [0.15, 0.2) is 5.17 Å². The number of benzene rings is 3. The lowest BCUT2D eigenvalue weighted by atomic mass is 10.1. The van der Waals surface area contributed by atoms with E-state index in [1.54, 1.807) is 54.7 Å². The van der Waals surface area contributed by atoms with E-state index < -0.39 is 5.91 Å². The molecule has 2 amide bonds. The highest BCUT2D eigenvalue weighted by molar-refractivity contribution is 8.18. The first-order valence-corrected chi connectivity index (χ1v) is 12.9. The van der Waals surface area contributed by atoms with Crippen LogP contribution in [0.25, 0.3) is 22.5 Å². The maximum Gasteiger partial charge on any atom is 0.287 e. The minimum atomic E-state index is -0.532. The molecule has 0 radical (unpaired) electrons. The number of hydrogen-bond acceptors (Lipinski definition) is 7. The first kappa shape index (κ1) is 24.5. The summed E-state index contributed by atoms with van der Waals surface area (Å²) in [6.45, 7) is 0. The highest BCUT2D eigenvalue weighted by Crippen LogP contribution is 2.41. The number of hydrogen-bond donors (Lipinski definition) is 2. The van der Waals surface area contributed by atoms with Crippen molar-refractivity contribution in [1.82, 2.24) is 15.2 Å². The number of carbonyl (C=O) groups is 2. The fourth-order valence-electron chi connectivity index (χ4n) is 4.10. The highest BCUT2D eigenvalue weighted by Gasteiger charge is 2.34. The zero-order valence-electron chi connectivity index (χ0n) is 20.0. The topological polar surface area (TPSA) is 118 Å². The van der Waals surface area contributed by atoms with Crippen LogP contribution in [-0.4, -0.2) is 33.0 Å². The van der Waals surface area contributed by atoms with Crippen molar-refractivity contribution in [1.29, 1.82) is 0 Å². The number of carbonyl (C=O) groups excluding carboxylic acids is 2. The number of nitrogens with one attached hydrogen (secondary N) is 2. The number of halogens is 1. The molecule has 2 aliphatic heterocycles. The smallest absolute Gasteiger partial charge is 0.287 e. The molecule has 9 nitrogen and oxygen atoms in total. The van der Waals surface area contributed by atoms with Crippen LogP contribution in [0.2, 0.25) is 5.02 Å². The fourth-order valence-corrected chi connectivity index (χ4v) is 5.13. The van der Waals surface area contributed by atoms with Crippen molar-refractivity contribution in [3.05, 3.63) is 116 Å². The van der Waals surface area contributed by atoms with Crippen molar-refractivity contribution >= 4 is 57.8 Å². The second-order valence-corrected chi connectivity index (χ2v) is 9.90. The SMILES string of the molecule is O=C1N=C(N/N=C\c2ccc(-n3nc(-c4ccccc4)ccc3=O)cc2)S/C1=C1/C(=O)Nc2ccc(Cl)cc21.